The maximum atomic E-state index is 15.3. The molecule has 2 aromatic carbocycles. The number of nitrogens with zero attached hydrogens (tertiary/aromatic N) is 3. The molecule has 0 saturated heterocycles. The monoisotopic (exact) mass is 976 g/mol. The van der Waals surface area contributed by atoms with Gasteiger partial charge in [0, 0.05) is 54.1 Å². The summed E-state index contributed by atoms with van der Waals surface area (Å²) in [5, 5.41) is 25.1. The van der Waals surface area contributed by atoms with Gasteiger partial charge < -0.3 is 45.7 Å². The number of amides is 7. The molecule has 5 heterocycles. The van der Waals surface area contributed by atoms with Crippen molar-refractivity contribution in [3.8, 4) is 11.4 Å². The third-order valence-electron chi connectivity index (χ3n) is 13.3. The Hall–Kier alpha value is -7.65. The number of halogens is 1. The molecule has 8 rings (SSSR count). The summed E-state index contributed by atoms with van der Waals surface area (Å²) in [4.78, 5) is 121. The first-order chi connectivity index (χ1) is 34.1. The Morgan fingerprint density at radius 2 is 1.66 bits per heavy atom. The number of esters is 1. The van der Waals surface area contributed by atoms with Crippen molar-refractivity contribution in [2.24, 2.45) is 0 Å². The summed E-state index contributed by atoms with van der Waals surface area (Å²) in [5.41, 5.74) is 1.95. The van der Waals surface area contributed by atoms with E-state index >= 15 is 4.39 Å². The molecule has 0 saturated carbocycles. The van der Waals surface area contributed by atoms with E-state index in [0.717, 1.165) is 16.0 Å². The molecule has 372 valence electrons. The van der Waals surface area contributed by atoms with Crippen LogP contribution in [0.25, 0.3) is 22.3 Å². The zero-order valence-corrected chi connectivity index (χ0v) is 39.1. The molecule has 4 aromatic rings. The Balaban J connectivity index is 0.833. The number of cyclic esters (lactones) is 1. The van der Waals surface area contributed by atoms with E-state index in [0.29, 0.717) is 71.1 Å². The molecule has 7 amide bonds. The molecule has 6 N–H and O–H groups in total. The van der Waals surface area contributed by atoms with Crippen LogP contribution >= 0.6 is 0 Å². The molecule has 3 atom stereocenters. The van der Waals surface area contributed by atoms with Gasteiger partial charge in [0.25, 0.3) is 17.4 Å². The minimum atomic E-state index is -2.05. The highest BCUT2D eigenvalue weighted by molar-refractivity contribution is 6.12. The van der Waals surface area contributed by atoms with Crippen LogP contribution in [0.2, 0.25) is 0 Å². The summed E-state index contributed by atoms with van der Waals surface area (Å²) in [6, 6.07) is 10.0. The van der Waals surface area contributed by atoms with Crippen molar-refractivity contribution in [3.63, 3.8) is 0 Å². The van der Waals surface area contributed by atoms with Crippen molar-refractivity contribution in [2.75, 3.05) is 33.0 Å². The summed E-state index contributed by atoms with van der Waals surface area (Å²) in [5.74, 6) is -4.95. The predicted octanol–water partition coefficient (Wildman–Crippen LogP) is 1.17. The van der Waals surface area contributed by atoms with Crippen molar-refractivity contribution in [2.45, 2.75) is 96.1 Å². The quantitative estimate of drug-likeness (QED) is 0.0277. The van der Waals surface area contributed by atoms with E-state index in [4.69, 9.17) is 14.5 Å². The van der Waals surface area contributed by atoms with Crippen LogP contribution in [0, 0.1) is 12.7 Å². The second-order valence-electron chi connectivity index (χ2n) is 17.8. The van der Waals surface area contributed by atoms with Crippen LogP contribution in [0.5, 0.6) is 0 Å². The normalized spacial score (nSPS) is 17.8. The van der Waals surface area contributed by atoms with Crippen LogP contribution in [-0.2, 0) is 79.4 Å². The zero-order valence-electron chi connectivity index (χ0n) is 39.1. The molecular weight excluding hydrogens is 924 g/mol. The van der Waals surface area contributed by atoms with Crippen molar-refractivity contribution in [1.29, 1.82) is 0 Å². The van der Waals surface area contributed by atoms with Crippen LogP contribution in [0.3, 0.4) is 0 Å². The number of hydrogen-bond acceptors (Lipinski definition) is 13. The number of rotatable bonds is 20. The van der Waals surface area contributed by atoms with E-state index in [-0.39, 0.29) is 61.9 Å². The van der Waals surface area contributed by atoms with Crippen LogP contribution in [0.4, 0.5) is 4.39 Å². The van der Waals surface area contributed by atoms with Crippen LogP contribution in [0.15, 0.2) is 59.4 Å². The number of benzene rings is 2. The summed E-state index contributed by atoms with van der Waals surface area (Å²) in [6.07, 6.45) is 4.91. The number of hydrogen-bond donors (Lipinski definition) is 6. The van der Waals surface area contributed by atoms with Gasteiger partial charge in [0.1, 0.15) is 31.8 Å². The first-order valence-electron chi connectivity index (χ1n) is 23.4. The Bertz CT molecular complexity index is 2940. The Kier molecular flexibility index (Phi) is 14.8. The lowest BCUT2D eigenvalue weighted by molar-refractivity contribution is -0.172. The first-order valence-corrected chi connectivity index (χ1v) is 23.4. The fourth-order valence-electron chi connectivity index (χ4n) is 9.52. The summed E-state index contributed by atoms with van der Waals surface area (Å²) >= 11 is 0. The molecule has 1 aliphatic carbocycles. The van der Waals surface area contributed by atoms with Crippen LogP contribution < -0.4 is 32.1 Å². The molecule has 21 heteroatoms. The largest absolute Gasteiger partial charge is 0.458 e. The average molecular weight is 977 g/mol. The lowest BCUT2D eigenvalue weighted by Crippen LogP contribution is -2.52. The van der Waals surface area contributed by atoms with E-state index < -0.39 is 91.0 Å². The summed E-state index contributed by atoms with van der Waals surface area (Å²) < 4.78 is 27.5. The predicted molar refractivity (Wildman–Crippen MR) is 250 cm³/mol. The van der Waals surface area contributed by atoms with Gasteiger partial charge >= 0.3 is 5.97 Å². The van der Waals surface area contributed by atoms with Crippen molar-refractivity contribution >= 4 is 58.2 Å². The van der Waals surface area contributed by atoms with Gasteiger partial charge in [0.15, 0.2) is 5.60 Å². The minimum Gasteiger partial charge on any atom is -0.458 e. The number of pyridine rings is 2. The number of nitrogens with one attached hydrogen (secondary N) is 5. The molecule has 0 radical (unpaired) electrons. The number of carbonyl (C=O) groups is 8. The van der Waals surface area contributed by atoms with Crippen LogP contribution in [-0.4, -0.2) is 106 Å². The first kappa shape index (κ1) is 49.8. The fraction of sp³-hybridized carbons (Fsp3) is 0.400. The number of aromatic nitrogens is 2. The van der Waals surface area contributed by atoms with E-state index in [1.807, 2.05) is 0 Å². The number of ether oxygens (including phenoxy) is 2. The molecule has 3 aliphatic heterocycles. The molecule has 2 aromatic heterocycles. The van der Waals surface area contributed by atoms with E-state index in [1.54, 1.807) is 50.2 Å². The second-order valence-corrected chi connectivity index (χ2v) is 17.8. The van der Waals surface area contributed by atoms with Gasteiger partial charge in [-0.1, -0.05) is 43.7 Å². The molecule has 0 bridgehead atoms. The SMILES string of the molecule is CC[C@@]1(O)C(=O)OCc2c1cc1n(c2=O)Cc2c-1nc1cc(F)c(C)c3c1c2[C@@H](NC(=O)COCNC(=O)CNC(=O)[C@H](Cc1ccccc1)NC(=O)CNC(=O)CCCCCN1C(=O)C=CC1=O)CC3. The summed E-state index contributed by atoms with van der Waals surface area (Å²) in [6.45, 7) is 1.49. The number of aliphatic hydroxyl groups is 1. The Labute approximate surface area is 405 Å². The number of imide groups is 1. The lowest BCUT2D eigenvalue weighted by atomic mass is 9.81. The highest BCUT2D eigenvalue weighted by Crippen LogP contribution is 2.46. The average Bonchev–Trinajstić information content (AvgIpc) is 3.89. The topological polar surface area (TPSA) is 274 Å². The van der Waals surface area contributed by atoms with Crippen molar-refractivity contribution in [1.82, 2.24) is 41.0 Å². The Morgan fingerprint density at radius 1 is 0.915 bits per heavy atom. The summed E-state index contributed by atoms with van der Waals surface area (Å²) in [7, 11) is 0. The van der Waals surface area contributed by atoms with Crippen molar-refractivity contribution < 1.29 is 57.3 Å². The molecule has 20 nitrogen and oxygen atoms in total. The van der Waals surface area contributed by atoms with Gasteiger partial charge in [-0.25, -0.2) is 14.2 Å². The molecular formula is C50H53FN8O12. The number of carbonyl (C=O) groups excluding carboxylic acids is 8. The zero-order chi connectivity index (χ0) is 50.6. The maximum absolute atomic E-state index is 15.3. The molecule has 0 unspecified atom stereocenters. The molecule has 0 spiro atoms. The standard InChI is InChI=1S/C50H53FN8O12/c1-3-50(69)32-19-37-46-30(23-59(37)48(67)31(32)24-71-49(50)68)45-34(14-13-29-27(2)33(51)20-35(57-46)44(29)45)55-41(63)25-70-26-54-39(61)21-53-47(66)36(18-28-10-6-4-7-11-28)56-40(62)22-52-38(60)12-8-5-9-17-58-42(64)15-16-43(58)65/h4,6-7,10-11,15-16,19-20,34,36,69H,3,5,8-9,12-14,17-18,21-26H2,1-2H3,(H,52,60)(H,53,66)(H,54,61)(H,55,63)(H,56,62)/t34-,36-,50-/m0/s1. The molecule has 0 fully saturated rings. The fourth-order valence-corrected chi connectivity index (χ4v) is 9.52. The van der Waals surface area contributed by atoms with Gasteiger partial charge in [-0.15, -0.1) is 0 Å². The smallest absolute Gasteiger partial charge is 0.343 e. The number of fused-ring (bicyclic) bond motifs is 5. The maximum Gasteiger partial charge on any atom is 0.343 e. The van der Waals surface area contributed by atoms with Gasteiger partial charge in [0.05, 0.1) is 48.1 Å². The lowest BCUT2D eigenvalue weighted by Gasteiger charge is -2.31. The van der Waals surface area contributed by atoms with E-state index in [1.165, 1.54) is 22.8 Å². The number of unbranched alkanes of at least 4 members (excludes halogenated alkanes) is 2. The minimum absolute atomic E-state index is 0.0441. The Morgan fingerprint density at radius 3 is 2.41 bits per heavy atom. The third-order valence-corrected chi connectivity index (χ3v) is 13.3. The van der Waals surface area contributed by atoms with E-state index in [9.17, 15) is 48.3 Å². The van der Waals surface area contributed by atoms with Crippen LogP contribution in [0.1, 0.15) is 90.4 Å². The molecule has 71 heavy (non-hydrogen) atoms. The van der Waals surface area contributed by atoms with Gasteiger partial charge in [-0.3, -0.25) is 43.3 Å². The van der Waals surface area contributed by atoms with E-state index in [2.05, 4.69) is 26.6 Å². The highest BCUT2D eigenvalue weighted by atomic mass is 19.1. The third kappa shape index (κ3) is 10.5. The molecule has 4 aliphatic rings. The van der Waals surface area contributed by atoms with Gasteiger partial charge in [-0.05, 0) is 67.3 Å². The number of aryl methyl sites for hydroxylation is 1. The van der Waals surface area contributed by atoms with Crippen molar-refractivity contribution in [3.05, 3.63) is 110 Å². The van der Waals surface area contributed by atoms with Gasteiger partial charge in [0.2, 0.25) is 29.5 Å². The van der Waals surface area contributed by atoms with Gasteiger partial charge in [-0.2, -0.15) is 0 Å². The second kappa shape index (κ2) is 21.1. The highest BCUT2D eigenvalue weighted by Gasteiger charge is 2.46.